The molecule has 1 heterocycles. The molecule has 160 valence electrons. The van der Waals surface area contributed by atoms with Crippen LogP contribution in [0.2, 0.25) is 0 Å². The maximum atomic E-state index is 12.7. The molecular formula is C24H22F3N3S. The summed E-state index contributed by atoms with van der Waals surface area (Å²) in [5.74, 6) is 0.822. The Hall–Kier alpha value is -2.77. The average molecular weight is 442 g/mol. The summed E-state index contributed by atoms with van der Waals surface area (Å²) in [4.78, 5) is 9.18. The predicted octanol–water partition coefficient (Wildman–Crippen LogP) is 6.60. The molecule has 0 unspecified atom stereocenters. The molecule has 0 aliphatic carbocycles. The molecule has 0 aliphatic heterocycles. The third-order valence-electron chi connectivity index (χ3n) is 4.94. The van der Waals surface area contributed by atoms with Gasteiger partial charge in [0.25, 0.3) is 0 Å². The second-order valence-corrected chi connectivity index (χ2v) is 8.86. The Morgan fingerprint density at radius 2 is 1.68 bits per heavy atom. The molecule has 0 spiro atoms. The first-order valence-electron chi connectivity index (χ1n) is 9.89. The molecule has 0 aliphatic rings. The van der Waals surface area contributed by atoms with Crippen molar-refractivity contribution in [2.45, 2.75) is 23.9 Å². The van der Waals surface area contributed by atoms with Gasteiger partial charge in [-0.05, 0) is 79.5 Å². The van der Waals surface area contributed by atoms with Gasteiger partial charge in [-0.2, -0.15) is 13.2 Å². The minimum Gasteiger partial charge on any atom is -0.342 e. The van der Waals surface area contributed by atoms with Crippen molar-refractivity contribution >= 4 is 23.0 Å². The van der Waals surface area contributed by atoms with Gasteiger partial charge in [-0.3, -0.25) is 4.31 Å². The van der Waals surface area contributed by atoms with E-state index in [4.69, 9.17) is 0 Å². The quantitative estimate of drug-likeness (QED) is 0.342. The second-order valence-electron chi connectivity index (χ2n) is 7.51. The highest BCUT2D eigenvalue weighted by molar-refractivity contribution is 7.97. The summed E-state index contributed by atoms with van der Waals surface area (Å²) in [5, 5.41) is 0. The second kappa shape index (κ2) is 8.77. The van der Waals surface area contributed by atoms with Crippen LogP contribution in [0.1, 0.15) is 17.0 Å². The van der Waals surface area contributed by atoms with Crippen molar-refractivity contribution < 1.29 is 13.2 Å². The summed E-state index contributed by atoms with van der Waals surface area (Å²) >= 11 is 1.68. The Labute approximate surface area is 183 Å². The number of halogens is 3. The summed E-state index contributed by atoms with van der Waals surface area (Å²) in [7, 11) is 4.03. The first-order chi connectivity index (χ1) is 14.8. The molecule has 3 aromatic carbocycles. The van der Waals surface area contributed by atoms with Crippen LogP contribution >= 0.6 is 11.9 Å². The van der Waals surface area contributed by atoms with Gasteiger partial charge in [0.2, 0.25) is 0 Å². The predicted molar refractivity (Wildman–Crippen MR) is 120 cm³/mol. The molecule has 0 bridgehead atoms. The van der Waals surface area contributed by atoms with E-state index in [1.165, 1.54) is 17.0 Å². The van der Waals surface area contributed by atoms with Gasteiger partial charge in [0, 0.05) is 11.3 Å². The van der Waals surface area contributed by atoms with E-state index in [1.807, 2.05) is 32.3 Å². The van der Waals surface area contributed by atoms with Crippen LogP contribution in [0.25, 0.3) is 22.2 Å². The van der Waals surface area contributed by atoms with E-state index in [2.05, 4.69) is 38.5 Å². The Bertz CT molecular complexity index is 1180. The maximum absolute atomic E-state index is 12.7. The van der Waals surface area contributed by atoms with Crippen LogP contribution in [-0.2, 0) is 19.0 Å². The topological polar surface area (TPSA) is 31.9 Å². The fraction of sp³-hybridized carbons (Fsp3) is 0.208. The molecule has 0 radical (unpaired) electrons. The van der Waals surface area contributed by atoms with E-state index >= 15 is 0 Å². The fourth-order valence-corrected chi connectivity index (χ4v) is 4.27. The van der Waals surface area contributed by atoms with Crippen molar-refractivity contribution in [3.63, 3.8) is 0 Å². The summed E-state index contributed by atoms with van der Waals surface area (Å²) in [6.07, 6.45) is -3.06. The lowest BCUT2D eigenvalue weighted by Gasteiger charge is -2.13. The lowest BCUT2D eigenvalue weighted by Crippen LogP contribution is -2.04. The van der Waals surface area contributed by atoms with Gasteiger partial charge in [-0.25, -0.2) is 4.98 Å². The van der Waals surface area contributed by atoms with Crippen LogP contribution in [0.4, 0.5) is 13.2 Å². The zero-order valence-corrected chi connectivity index (χ0v) is 18.0. The number of nitrogens with one attached hydrogen (secondary N) is 1. The zero-order chi connectivity index (χ0) is 22.0. The standard InChI is InChI=1S/C24H22F3N3S/c1-30(2)31-22-6-4-3-5-19(22)17-10-13-20-21(15-17)29-23(28-20)14-9-16-7-11-18(12-8-16)24(25,26)27/h3-8,10-13,15H,9,14H2,1-2H3,(H,28,29). The maximum Gasteiger partial charge on any atom is 0.416 e. The Morgan fingerprint density at radius 3 is 2.39 bits per heavy atom. The number of rotatable bonds is 6. The van der Waals surface area contributed by atoms with Crippen LogP contribution in [-0.4, -0.2) is 28.4 Å². The summed E-state index contributed by atoms with van der Waals surface area (Å²) < 4.78 is 40.2. The minimum atomic E-state index is -4.31. The highest BCUT2D eigenvalue weighted by Crippen LogP contribution is 2.33. The fourth-order valence-electron chi connectivity index (χ4n) is 3.45. The van der Waals surface area contributed by atoms with Gasteiger partial charge in [-0.15, -0.1) is 0 Å². The molecule has 1 N–H and O–H groups in total. The summed E-state index contributed by atoms with van der Waals surface area (Å²) in [5.41, 5.74) is 4.32. The smallest absolute Gasteiger partial charge is 0.342 e. The molecule has 7 heteroatoms. The number of H-pyrrole nitrogens is 1. The number of aromatic amines is 1. The molecule has 31 heavy (non-hydrogen) atoms. The third kappa shape index (κ3) is 5.11. The summed E-state index contributed by atoms with van der Waals surface area (Å²) in [6, 6.07) is 19.8. The van der Waals surface area contributed by atoms with Crippen LogP contribution < -0.4 is 0 Å². The van der Waals surface area contributed by atoms with E-state index in [1.54, 1.807) is 11.9 Å². The van der Waals surface area contributed by atoms with Crippen molar-refractivity contribution in [3.8, 4) is 11.1 Å². The number of fused-ring (bicyclic) bond motifs is 1. The number of imidazole rings is 1. The average Bonchev–Trinajstić information content (AvgIpc) is 3.14. The molecule has 3 nitrogen and oxygen atoms in total. The number of hydrogen-bond acceptors (Lipinski definition) is 3. The van der Waals surface area contributed by atoms with Gasteiger partial charge in [0.05, 0.1) is 16.6 Å². The first-order valence-corrected chi connectivity index (χ1v) is 10.7. The van der Waals surface area contributed by atoms with Crippen LogP contribution in [0, 0.1) is 0 Å². The number of benzene rings is 3. The van der Waals surface area contributed by atoms with E-state index < -0.39 is 11.7 Å². The number of aryl methyl sites for hydroxylation is 2. The lowest BCUT2D eigenvalue weighted by molar-refractivity contribution is -0.137. The molecule has 0 saturated carbocycles. The van der Waals surface area contributed by atoms with Crippen molar-refractivity contribution in [2.24, 2.45) is 0 Å². The number of alkyl halides is 3. The number of aromatic nitrogens is 2. The van der Waals surface area contributed by atoms with Gasteiger partial charge in [-0.1, -0.05) is 36.4 Å². The minimum absolute atomic E-state index is 0.618. The molecule has 4 aromatic rings. The molecule has 0 fully saturated rings. The van der Waals surface area contributed by atoms with Crippen LogP contribution in [0.15, 0.2) is 71.6 Å². The van der Waals surface area contributed by atoms with Gasteiger partial charge in [0.1, 0.15) is 5.82 Å². The van der Waals surface area contributed by atoms with E-state index in [0.29, 0.717) is 12.8 Å². The lowest BCUT2D eigenvalue weighted by atomic mass is 10.1. The zero-order valence-electron chi connectivity index (χ0n) is 17.2. The highest BCUT2D eigenvalue weighted by atomic mass is 32.2. The normalized spacial score (nSPS) is 12.1. The Balaban J connectivity index is 1.52. The summed E-state index contributed by atoms with van der Waals surface area (Å²) in [6.45, 7) is 0. The van der Waals surface area contributed by atoms with Crippen molar-refractivity contribution in [2.75, 3.05) is 14.1 Å². The largest absolute Gasteiger partial charge is 0.416 e. The third-order valence-corrected chi connectivity index (χ3v) is 5.86. The van der Waals surface area contributed by atoms with Crippen molar-refractivity contribution in [1.82, 2.24) is 14.3 Å². The van der Waals surface area contributed by atoms with Crippen molar-refractivity contribution in [1.29, 1.82) is 0 Å². The monoisotopic (exact) mass is 441 g/mol. The number of nitrogens with zero attached hydrogens (tertiary/aromatic N) is 2. The molecule has 0 amide bonds. The highest BCUT2D eigenvalue weighted by Gasteiger charge is 2.29. The molecule has 1 aromatic heterocycles. The van der Waals surface area contributed by atoms with E-state index in [-0.39, 0.29) is 0 Å². The first kappa shape index (κ1) is 21.5. The number of hydrogen-bond donors (Lipinski definition) is 1. The molecule has 4 rings (SSSR count). The molecule has 0 atom stereocenters. The Morgan fingerprint density at radius 1 is 0.935 bits per heavy atom. The van der Waals surface area contributed by atoms with E-state index in [9.17, 15) is 13.2 Å². The van der Waals surface area contributed by atoms with Gasteiger partial charge < -0.3 is 4.98 Å². The van der Waals surface area contributed by atoms with E-state index in [0.717, 1.165) is 45.7 Å². The van der Waals surface area contributed by atoms with Crippen LogP contribution in [0.5, 0.6) is 0 Å². The Kier molecular flexibility index (Phi) is 6.07. The molecular weight excluding hydrogens is 419 g/mol. The van der Waals surface area contributed by atoms with Crippen LogP contribution in [0.3, 0.4) is 0 Å². The van der Waals surface area contributed by atoms with Gasteiger partial charge >= 0.3 is 6.18 Å². The SMILES string of the molecule is CN(C)Sc1ccccc1-c1ccc2nc(CCc3ccc(C(F)(F)F)cc3)[nH]c2c1. The molecule has 0 saturated heterocycles. The van der Waals surface area contributed by atoms with Gasteiger partial charge in [0.15, 0.2) is 0 Å². The van der Waals surface area contributed by atoms with Crippen molar-refractivity contribution in [3.05, 3.63) is 83.7 Å².